The number of aromatic nitrogens is 2. The summed E-state index contributed by atoms with van der Waals surface area (Å²) >= 11 is 0. The number of nitrogens with zero attached hydrogens (tertiary/aromatic N) is 2. The van der Waals surface area contributed by atoms with E-state index in [4.69, 9.17) is 9.72 Å². The molecule has 1 N–H and O–H groups in total. The summed E-state index contributed by atoms with van der Waals surface area (Å²) in [5, 5.41) is 3.38. The number of Topliss-reactive ketones (excluding diaryl/α,β-unsaturated/α-hetero) is 1. The lowest BCUT2D eigenvalue weighted by molar-refractivity contribution is 0.101. The third-order valence-electron chi connectivity index (χ3n) is 4.92. The molecular formula is C24H23N3O2. The van der Waals surface area contributed by atoms with Crippen LogP contribution in [0.1, 0.15) is 17.3 Å². The Morgan fingerprint density at radius 3 is 2.45 bits per heavy atom. The number of anilines is 2. The monoisotopic (exact) mass is 385 g/mol. The summed E-state index contributed by atoms with van der Waals surface area (Å²) in [5.41, 5.74) is 5.83. The van der Waals surface area contributed by atoms with Crippen molar-refractivity contribution < 1.29 is 9.53 Å². The van der Waals surface area contributed by atoms with Crippen molar-refractivity contribution in [2.75, 3.05) is 19.0 Å². The van der Waals surface area contributed by atoms with Gasteiger partial charge in [-0.2, -0.15) is 0 Å². The van der Waals surface area contributed by atoms with Gasteiger partial charge in [0.1, 0.15) is 0 Å². The summed E-state index contributed by atoms with van der Waals surface area (Å²) < 4.78 is 7.41. The standard InChI is InChI=1S/C24H23N3O2/c1-17(28)18-8-11-21(12-9-18)25-24-26-22-16-20(19-6-4-3-5-7-19)10-13-23(22)27(24)14-15-29-2/h3-13,16H,14-15H2,1-2H3,(H,25,26). The SMILES string of the molecule is COCCn1c(Nc2ccc(C(C)=O)cc2)nc2cc(-c3ccccc3)ccc21. The summed E-state index contributed by atoms with van der Waals surface area (Å²) in [6, 6.07) is 24.0. The second kappa shape index (κ2) is 8.29. The third kappa shape index (κ3) is 4.05. The number of hydrogen-bond acceptors (Lipinski definition) is 4. The largest absolute Gasteiger partial charge is 0.383 e. The quantitative estimate of drug-likeness (QED) is 0.439. The molecule has 146 valence electrons. The number of carbonyl (C=O) groups excluding carboxylic acids is 1. The van der Waals surface area contributed by atoms with E-state index in [1.807, 2.05) is 42.5 Å². The van der Waals surface area contributed by atoms with Gasteiger partial charge in [-0.05, 0) is 54.4 Å². The first-order valence-electron chi connectivity index (χ1n) is 9.58. The second-order valence-corrected chi connectivity index (χ2v) is 6.91. The summed E-state index contributed by atoms with van der Waals surface area (Å²) in [6.45, 7) is 2.84. The normalized spacial score (nSPS) is 11.0. The highest BCUT2D eigenvalue weighted by atomic mass is 16.5. The first-order chi connectivity index (χ1) is 14.2. The minimum atomic E-state index is 0.0531. The van der Waals surface area contributed by atoms with E-state index >= 15 is 0 Å². The van der Waals surface area contributed by atoms with E-state index < -0.39 is 0 Å². The first kappa shape index (κ1) is 18.9. The van der Waals surface area contributed by atoms with Gasteiger partial charge in [-0.25, -0.2) is 4.98 Å². The van der Waals surface area contributed by atoms with Gasteiger partial charge in [0.25, 0.3) is 0 Å². The Hall–Kier alpha value is -3.44. The average molecular weight is 385 g/mol. The molecule has 0 spiro atoms. The van der Waals surface area contributed by atoms with Gasteiger partial charge in [-0.15, -0.1) is 0 Å². The molecule has 4 rings (SSSR count). The number of ether oxygens (including phenoxy) is 1. The van der Waals surface area contributed by atoms with Crippen molar-refractivity contribution in [2.45, 2.75) is 13.5 Å². The predicted molar refractivity (Wildman–Crippen MR) is 117 cm³/mol. The van der Waals surface area contributed by atoms with Crippen molar-refractivity contribution in [3.05, 3.63) is 78.4 Å². The van der Waals surface area contributed by atoms with Gasteiger partial charge in [0, 0.05) is 24.9 Å². The zero-order valence-electron chi connectivity index (χ0n) is 16.6. The number of benzene rings is 3. The van der Waals surface area contributed by atoms with Gasteiger partial charge in [0.05, 0.1) is 17.6 Å². The smallest absolute Gasteiger partial charge is 0.208 e. The van der Waals surface area contributed by atoms with Crippen molar-refractivity contribution >= 4 is 28.5 Å². The molecular weight excluding hydrogens is 362 g/mol. The lowest BCUT2D eigenvalue weighted by Crippen LogP contribution is -2.08. The van der Waals surface area contributed by atoms with Crippen LogP contribution in [0.3, 0.4) is 0 Å². The van der Waals surface area contributed by atoms with E-state index in [0.717, 1.165) is 33.8 Å². The van der Waals surface area contributed by atoms with Crippen LogP contribution in [0.15, 0.2) is 72.8 Å². The number of methoxy groups -OCH3 is 1. The van der Waals surface area contributed by atoms with Crippen LogP contribution in [-0.2, 0) is 11.3 Å². The molecule has 0 atom stereocenters. The molecule has 0 fully saturated rings. The van der Waals surface area contributed by atoms with E-state index in [-0.39, 0.29) is 5.78 Å². The second-order valence-electron chi connectivity index (χ2n) is 6.91. The minimum Gasteiger partial charge on any atom is -0.383 e. The molecule has 5 heteroatoms. The highest BCUT2D eigenvalue weighted by Crippen LogP contribution is 2.28. The molecule has 1 heterocycles. The summed E-state index contributed by atoms with van der Waals surface area (Å²) in [5.74, 6) is 0.801. The van der Waals surface area contributed by atoms with Crippen LogP contribution < -0.4 is 5.32 Å². The summed E-state index contributed by atoms with van der Waals surface area (Å²) in [6.07, 6.45) is 0. The molecule has 0 aliphatic heterocycles. The zero-order valence-corrected chi connectivity index (χ0v) is 16.6. The number of fused-ring (bicyclic) bond motifs is 1. The van der Waals surface area contributed by atoms with Crippen molar-refractivity contribution in [2.24, 2.45) is 0 Å². The van der Waals surface area contributed by atoms with Gasteiger partial charge in [-0.1, -0.05) is 36.4 Å². The molecule has 0 aliphatic rings. The molecule has 4 aromatic rings. The Morgan fingerprint density at radius 2 is 1.76 bits per heavy atom. The average Bonchev–Trinajstić information content (AvgIpc) is 3.09. The van der Waals surface area contributed by atoms with E-state index in [1.54, 1.807) is 14.0 Å². The number of nitrogens with one attached hydrogen (secondary N) is 1. The minimum absolute atomic E-state index is 0.0531. The lowest BCUT2D eigenvalue weighted by atomic mass is 10.1. The van der Waals surface area contributed by atoms with Gasteiger partial charge < -0.3 is 14.6 Å². The number of rotatable bonds is 7. The van der Waals surface area contributed by atoms with Gasteiger partial charge in [0.2, 0.25) is 5.95 Å². The maximum absolute atomic E-state index is 11.5. The first-order valence-corrected chi connectivity index (χ1v) is 9.58. The molecule has 0 aliphatic carbocycles. The Balaban J connectivity index is 1.72. The fourth-order valence-electron chi connectivity index (χ4n) is 3.36. The number of carbonyl (C=O) groups is 1. The van der Waals surface area contributed by atoms with Crippen LogP contribution in [-0.4, -0.2) is 29.1 Å². The molecule has 0 saturated carbocycles. The number of hydrogen-bond donors (Lipinski definition) is 1. The number of ketones is 1. The molecule has 0 unspecified atom stereocenters. The molecule has 0 bridgehead atoms. The van der Waals surface area contributed by atoms with Crippen molar-refractivity contribution in [1.29, 1.82) is 0 Å². The fourth-order valence-corrected chi connectivity index (χ4v) is 3.36. The Labute approximate surface area is 170 Å². The highest BCUT2D eigenvalue weighted by molar-refractivity contribution is 5.94. The highest BCUT2D eigenvalue weighted by Gasteiger charge is 2.12. The van der Waals surface area contributed by atoms with E-state index in [0.29, 0.717) is 18.7 Å². The van der Waals surface area contributed by atoms with E-state index in [1.165, 1.54) is 0 Å². The van der Waals surface area contributed by atoms with Crippen molar-refractivity contribution in [3.8, 4) is 11.1 Å². The van der Waals surface area contributed by atoms with Crippen LogP contribution in [0.25, 0.3) is 22.2 Å². The summed E-state index contributed by atoms with van der Waals surface area (Å²) in [7, 11) is 1.69. The Kier molecular flexibility index (Phi) is 5.40. The van der Waals surface area contributed by atoms with Crippen LogP contribution in [0.2, 0.25) is 0 Å². The van der Waals surface area contributed by atoms with Crippen molar-refractivity contribution in [3.63, 3.8) is 0 Å². The Bertz CT molecular complexity index is 1130. The maximum atomic E-state index is 11.5. The Morgan fingerprint density at radius 1 is 1.00 bits per heavy atom. The molecule has 0 saturated heterocycles. The van der Waals surface area contributed by atoms with Crippen LogP contribution in [0.4, 0.5) is 11.6 Å². The summed E-state index contributed by atoms with van der Waals surface area (Å²) in [4.78, 5) is 16.3. The molecule has 0 radical (unpaired) electrons. The predicted octanol–water partition coefficient (Wildman–Crippen LogP) is 5.30. The molecule has 3 aromatic carbocycles. The van der Waals surface area contributed by atoms with Crippen LogP contribution in [0.5, 0.6) is 0 Å². The fraction of sp³-hybridized carbons (Fsp3) is 0.167. The van der Waals surface area contributed by atoms with E-state index in [2.05, 4.69) is 40.2 Å². The van der Waals surface area contributed by atoms with Gasteiger partial charge in [-0.3, -0.25) is 4.79 Å². The topological polar surface area (TPSA) is 56.1 Å². The molecule has 0 amide bonds. The lowest BCUT2D eigenvalue weighted by Gasteiger charge is -2.11. The maximum Gasteiger partial charge on any atom is 0.208 e. The molecule has 5 nitrogen and oxygen atoms in total. The van der Waals surface area contributed by atoms with Crippen LogP contribution in [0, 0.1) is 0 Å². The van der Waals surface area contributed by atoms with Crippen LogP contribution >= 0.6 is 0 Å². The van der Waals surface area contributed by atoms with E-state index in [9.17, 15) is 4.79 Å². The van der Waals surface area contributed by atoms with Gasteiger partial charge >= 0.3 is 0 Å². The third-order valence-corrected chi connectivity index (χ3v) is 4.92. The molecule has 29 heavy (non-hydrogen) atoms. The van der Waals surface area contributed by atoms with Crippen molar-refractivity contribution in [1.82, 2.24) is 9.55 Å². The zero-order chi connectivity index (χ0) is 20.2. The van der Waals surface area contributed by atoms with Gasteiger partial charge in [0.15, 0.2) is 5.78 Å². The molecule has 1 aromatic heterocycles. The number of imidazole rings is 1.